The number of carbonyl (C=O) groups excluding carboxylic acids is 1. The van der Waals surface area contributed by atoms with Crippen molar-refractivity contribution in [2.24, 2.45) is 0 Å². The summed E-state index contributed by atoms with van der Waals surface area (Å²) in [5.74, 6) is 0.821. The van der Waals surface area contributed by atoms with Crippen LogP contribution in [0.5, 0.6) is 0 Å². The number of benzene rings is 2. The number of hydrogen-bond acceptors (Lipinski definition) is 4. The van der Waals surface area contributed by atoms with E-state index >= 15 is 0 Å². The predicted molar refractivity (Wildman–Crippen MR) is 128 cm³/mol. The fourth-order valence-corrected chi connectivity index (χ4v) is 4.34. The molecule has 0 aliphatic carbocycles. The molecule has 0 aromatic heterocycles. The molecule has 0 atom stereocenters. The lowest BCUT2D eigenvalue weighted by Crippen LogP contribution is -2.37. The number of hydrogen-bond donors (Lipinski definition) is 0. The zero-order chi connectivity index (χ0) is 21.0. The molecule has 0 saturated carbocycles. The molecule has 0 spiro atoms. The van der Waals surface area contributed by atoms with Crippen molar-refractivity contribution in [2.45, 2.75) is 0 Å². The highest BCUT2D eigenvalue weighted by Gasteiger charge is 2.26. The van der Waals surface area contributed by atoms with Gasteiger partial charge in [-0.25, -0.2) is 0 Å². The Kier molecular flexibility index (Phi) is 7.52. The van der Waals surface area contributed by atoms with Gasteiger partial charge in [0, 0.05) is 43.8 Å². The van der Waals surface area contributed by atoms with Crippen LogP contribution >= 0.6 is 35.0 Å². The van der Waals surface area contributed by atoms with Crippen molar-refractivity contribution in [2.75, 3.05) is 56.3 Å². The molecule has 1 fully saturated rings. The molecule has 4 nitrogen and oxygen atoms in total. The summed E-state index contributed by atoms with van der Waals surface area (Å²) in [4.78, 5) is 20.0. The summed E-state index contributed by atoms with van der Waals surface area (Å²) >= 11 is 13.8. The van der Waals surface area contributed by atoms with Gasteiger partial charge in [-0.15, -0.1) is 11.8 Å². The molecule has 154 valence electrons. The van der Waals surface area contributed by atoms with Crippen molar-refractivity contribution in [1.82, 2.24) is 4.90 Å². The number of anilines is 2. The minimum Gasteiger partial charge on any atom is -0.373 e. The minimum atomic E-state index is -0.00890. The molecule has 3 rings (SSSR count). The summed E-state index contributed by atoms with van der Waals surface area (Å²) < 4.78 is 0. The van der Waals surface area contributed by atoms with Gasteiger partial charge in [-0.1, -0.05) is 41.4 Å². The van der Waals surface area contributed by atoms with E-state index in [1.54, 1.807) is 28.8 Å². The largest absolute Gasteiger partial charge is 0.373 e. The van der Waals surface area contributed by atoms with Crippen molar-refractivity contribution in [3.63, 3.8) is 0 Å². The van der Waals surface area contributed by atoms with E-state index in [1.165, 1.54) is 0 Å². The van der Waals surface area contributed by atoms with E-state index in [9.17, 15) is 4.79 Å². The summed E-state index contributed by atoms with van der Waals surface area (Å²) in [7, 11) is 6.21. The predicted octanol–water partition coefficient (Wildman–Crippen LogP) is 5.11. The van der Waals surface area contributed by atoms with Crippen LogP contribution in [0.3, 0.4) is 0 Å². The number of halogens is 2. The first-order valence-corrected chi connectivity index (χ1v) is 11.2. The quantitative estimate of drug-likeness (QED) is 0.572. The lowest BCUT2D eigenvalue weighted by molar-refractivity contribution is -0.114. The van der Waals surface area contributed by atoms with Crippen molar-refractivity contribution >= 4 is 58.3 Å². The van der Waals surface area contributed by atoms with E-state index in [0.717, 1.165) is 40.7 Å². The second-order valence-corrected chi connectivity index (χ2v) is 9.15. The maximum absolute atomic E-state index is 13.2. The third-order valence-corrected chi connectivity index (χ3v) is 6.49. The standard InChI is InChI=1S/C22H25Cl2N3OS/c1-25(2)10-11-26(3)20-7-5-4-6-16(20)14-21-22(28)27(12-13-29-21)17-8-9-18(23)19(24)15-17/h4-9,14-15H,10-13H2,1-3H3. The number of para-hydroxylation sites is 1. The number of thioether (sulfide) groups is 1. The topological polar surface area (TPSA) is 26.8 Å². The second kappa shape index (κ2) is 9.90. The summed E-state index contributed by atoms with van der Waals surface area (Å²) in [6.07, 6.45) is 2.00. The summed E-state index contributed by atoms with van der Waals surface area (Å²) in [6.45, 7) is 2.51. The summed E-state index contributed by atoms with van der Waals surface area (Å²) in [5, 5.41) is 0.938. The Morgan fingerprint density at radius 2 is 1.83 bits per heavy atom. The van der Waals surface area contributed by atoms with Gasteiger partial charge in [0.25, 0.3) is 5.91 Å². The molecule has 1 aliphatic rings. The van der Waals surface area contributed by atoms with Gasteiger partial charge < -0.3 is 14.7 Å². The fourth-order valence-electron chi connectivity index (χ4n) is 3.11. The van der Waals surface area contributed by atoms with Crippen LogP contribution < -0.4 is 9.80 Å². The highest BCUT2D eigenvalue weighted by atomic mass is 35.5. The molecule has 7 heteroatoms. The van der Waals surface area contributed by atoms with Gasteiger partial charge in [0.05, 0.1) is 15.0 Å². The third-order valence-electron chi connectivity index (χ3n) is 4.76. The van der Waals surface area contributed by atoms with Crippen LogP contribution in [0.25, 0.3) is 6.08 Å². The van der Waals surface area contributed by atoms with E-state index in [1.807, 2.05) is 24.3 Å². The number of likely N-dealkylation sites (N-methyl/N-ethyl adjacent to an activating group) is 2. The molecule has 2 aromatic carbocycles. The van der Waals surface area contributed by atoms with E-state index in [4.69, 9.17) is 23.2 Å². The molecular weight excluding hydrogens is 425 g/mol. The van der Waals surface area contributed by atoms with E-state index in [-0.39, 0.29) is 5.91 Å². The Labute approximate surface area is 187 Å². The molecule has 1 aliphatic heterocycles. The first-order chi connectivity index (χ1) is 13.9. The molecule has 1 saturated heterocycles. The van der Waals surface area contributed by atoms with Gasteiger partial charge in [-0.3, -0.25) is 4.79 Å². The van der Waals surface area contributed by atoms with Gasteiger partial charge in [0.1, 0.15) is 0 Å². The molecule has 0 N–H and O–H groups in total. The van der Waals surface area contributed by atoms with Crippen LogP contribution in [0.15, 0.2) is 47.4 Å². The van der Waals surface area contributed by atoms with Crippen LogP contribution in [0.2, 0.25) is 10.0 Å². The Morgan fingerprint density at radius 3 is 2.55 bits per heavy atom. The maximum atomic E-state index is 13.2. The molecule has 29 heavy (non-hydrogen) atoms. The monoisotopic (exact) mass is 449 g/mol. The van der Waals surface area contributed by atoms with Crippen LogP contribution in [0.4, 0.5) is 11.4 Å². The molecule has 2 aromatic rings. The van der Waals surface area contributed by atoms with E-state index < -0.39 is 0 Å². The Hall–Kier alpha value is -1.66. The average molecular weight is 450 g/mol. The highest BCUT2D eigenvalue weighted by Crippen LogP contribution is 2.34. The maximum Gasteiger partial charge on any atom is 0.264 e. The van der Waals surface area contributed by atoms with Gasteiger partial charge in [-0.05, 0) is 50.0 Å². The normalized spacial score (nSPS) is 16.0. The van der Waals surface area contributed by atoms with Crippen LogP contribution in [-0.2, 0) is 4.79 Å². The Bertz CT molecular complexity index is 917. The molecule has 0 bridgehead atoms. The summed E-state index contributed by atoms with van der Waals surface area (Å²) in [5.41, 5.74) is 2.93. The number of nitrogens with zero attached hydrogens (tertiary/aromatic N) is 3. The Morgan fingerprint density at radius 1 is 1.07 bits per heavy atom. The number of amides is 1. The zero-order valence-electron chi connectivity index (χ0n) is 16.9. The van der Waals surface area contributed by atoms with Crippen molar-refractivity contribution in [1.29, 1.82) is 0 Å². The van der Waals surface area contributed by atoms with Crippen LogP contribution in [-0.4, -0.2) is 57.3 Å². The minimum absolute atomic E-state index is 0.00890. The van der Waals surface area contributed by atoms with Gasteiger partial charge in [-0.2, -0.15) is 0 Å². The van der Waals surface area contributed by atoms with E-state index in [0.29, 0.717) is 16.6 Å². The third kappa shape index (κ3) is 5.48. The number of carbonyl (C=O) groups is 1. The zero-order valence-corrected chi connectivity index (χ0v) is 19.2. The van der Waals surface area contributed by atoms with E-state index in [2.05, 4.69) is 43.1 Å². The highest BCUT2D eigenvalue weighted by molar-refractivity contribution is 8.04. The second-order valence-electron chi connectivity index (χ2n) is 7.20. The van der Waals surface area contributed by atoms with Gasteiger partial charge >= 0.3 is 0 Å². The van der Waals surface area contributed by atoms with Crippen molar-refractivity contribution < 1.29 is 4.79 Å². The molecular formula is C22H25Cl2N3OS. The molecule has 0 unspecified atom stereocenters. The smallest absolute Gasteiger partial charge is 0.264 e. The number of rotatable bonds is 6. The van der Waals surface area contributed by atoms with Gasteiger partial charge in [0.15, 0.2) is 0 Å². The first-order valence-electron chi connectivity index (χ1n) is 9.43. The lowest BCUT2D eigenvalue weighted by Gasteiger charge is -2.29. The lowest BCUT2D eigenvalue weighted by atomic mass is 10.1. The van der Waals surface area contributed by atoms with Crippen LogP contribution in [0.1, 0.15) is 5.56 Å². The SMILES string of the molecule is CN(C)CCN(C)c1ccccc1C=C1SCCN(c2ccc(Cl)c(Cl)c2)C1=O. The molecule has 1 heterocycles. The fraction of sp³-hybridized carbons (Fsp3) is 0.318. The van der Waals surface area contributed by atoms with Crippen molar-refractivity contribution in [3.05, 3.63) is 63.0 Å². The Balaban J connectivity index is 1.86. The van der Waals surface area contributed by atoms with Gasteiger partial charge in [0.2, 0.25) is 0 Å². The average Bonchev–Trinajstić information content (AvgIpc) is 2.70. The molecule has 0 radical (unpaired) electrons. The van der Waals surface area contributed by atoms with Crippen LogP contribution in [0, 0.1) is 0 Å². The molecule has 1 amide bonds. The first kappa shape index (κ1) is 22.0. The van der Waals surface area contributed by atoms with Crippen molar-refractivity contribution in [3.8, 4) is 0 Å². The summed E-state index contributed by atoms with van der Waals surface area (Å²) in [6, 6.07) is 13.5.